The molecule has 5 nitrogen and oxygen atoms in total. The van der Waals surface area contributed by atoms with Crippen LogP contribution in [0, 0.1) is 13.8 Å². The van der Waals surface area contributed by atoms with Gasteiger partial charge in [0.2, 0.25) is 5.91 Å². The number of nitrogens with zero attached hydrogens (tertiary/aromatic N) is 1. The Hall–Kier alpha value is -2.47. The van der Waals surface area contributed by atoms with Crippen LogP contribution in [0.4, 0.5) is 5.69 Å². The molecule has 2 aromatic carbocycles. The third-order valence-electron chi connectivity index (χ3n) is 4.05. The summed E-state index contributed by atoms with van der Waals surface area (Å²) < 4.78 is 5.51. The standard InChI is InChI=1S/C20H23N3O2S/c1-5-25-15-8-9-16-18(11-15)23-20(22-16)26-14(4)19(24)21-17-10-12(2)6-7-13(17)3/h6-11,14H,5H2,1-4H3,(H,21,24)(H,22,23). The molecule has 0 fully saturated rings. The van der Waals surface area contributed by atoms with Crippen LogP contribution in [0.3, 0.4) is 0 Å². The third kappa shape index (κ3) is 4.19. The Balaban J connectivity index is 1.70. The second-order valence-corrected chi connectivity index (χ2v) is 7.55. The summed E-state index contributed by atoms with van der Waals surface area (Å²) in [6, 6.07) is 11.8. The molecule has 1 heterocycles. The van der Waals surface area contributed by atoms with Crippen LogP contribution in [0.25, 0.3) is 11.0 Å². The monoisotopic (exact) mass is 369 g/mol. The van der Waals surface area contributed by atoms with E-state index in [9.17, 15) is 4.79 Å². The topological polar surface area (TPSA) is 67.0 Å². The fraction of sp³-hybridized carbons (Fsp3) is 0.300. The van der Waals surface area contributed by atoms with Crippen molar-refractivity contribution >= 4 is 34.4 Å². The number of hydrogen-bond acceptors (Lipinski definition) is 4. The summed E-state index contributed by atoms with van der Waals surface area (Å²) in [5, 5.41) is 3.45. The second kappa shape index (κ2) is 7.83. The zero-order chi connectivity index (χ0) is 18.7. The zero-order valence-electron chi connectivity index (χ0n) is 15.4. The van der Waals surface area contributed by atoms with Crippen LogP contribution >= 0.6 is 11.8 Å². The van der Waals surface area contributed by atoms with Gasteiger partial charge in [-0.25, -0.2) is 4.98 Å². The summed E-state index contributed by atoms with van der Waals surface area (Å²) in [4.78, 5) is 20.3. The van der Waals surface area contributed by atoms with Gasteiger partial charge in [-0.05, 0) is 57.0 Å². The van der Waals surface area contributed by atoms with E-state index in [4.69, 9.17) is 4.74 Å². The van der Waals surface area contributed by atoms with E-state index in [1.165, 1.54) is 11.8 Å². The molecule has 0 radical (unpaired) electrons. The van der Waals surface area contributed by atoms with E-state index in [2.05, 4.69) is 15.3 Å². The lowest BCUT2D eigenvalue weighted by atomic mass is 10.1. The third-order valence-corrected chi connectivity index (χ3v) is 5.04. The molecule has 0 aliphatic carbocycles. The summed E-state index contributed by atoms with van der Waals surface area (Å²) in [5.41, 5.74) is 4.79. The van der Waals surface area contributed by atoms with Crippen molar-refractivity contribution in [2.75, 3.05) is 11.9 Å². The minimum Gasteiger partial charge on any atom is -0.494 e. The van der Waals surface area contributed by atoms with E-state index in [0.29, 0.717) is 6.61 Å². The predicted molar refractivity (Wildman–Crippen MR) is 107 cm³/mol. The minimum absolute atomic E-state index is 0.0424. The number of aryl methyl sites for hydroxylation is 2. The molecular weight excluding hydrogens is 346 g/mol. The summed E-state index contributed by atoms with van der Waals surface area (Å²) in [7, 11) is 0. The van der Waals surface area contributed by atoms with E-state index < -0.39 is 0 Å². The van der Waals surface area contributed by atoms with Crippen molar-refractivity contribution in [3.8, 4) is 5.75 Å². The van der Waals surface area contributed by atoms with Crippen LogP contribution in [-0.2, 0) is 4.79 Å². The Labute approximate surface area is 157 Å². The Morgan fingerprint density at radius 1 is 1.27 bits per heavy atom. The fourth-order valence-corrected chi connectivity index (χ4v) is 3.42. The first-order valence-electron chi connectivity index (χ1n) is 8.63. The number of fused-ring (bicyclic) bond motifs is 1. The van der Waals surface area contributed by atoms with E-state index in [-0.39, 0.29) is 11.2 Å². The average Bonchev–Trinajstić information content (AvgIpc) is 2.99. The SMILES string of the molecule is CCOc1ccc2nc(SC(C)C(=O)Nc3cc(C)ccc3C)[nH]c2c1. The molecule has 1 amide bonds. The number of imidazole rings is 1. The lowest BCUT2D eigenvalue weighted by molar-refractivity contribution is -0.115. The second-order valence-electron chi connectivity index (χ2n) is 6.22. The van der Waals surface area contributed by atoms with Gasteiger partial charge >= 0.3 is 0 Å². The summed E-state index contributed by atoms with van der Waals surface area (Å²) in [6.07, 6.45) is 0. The normalized spacial score (nSPS) is 12.2. The molecule has 0 spiro atoms. The number of carbonyl (C=O) groups is 1. The number of aromatic amines is 1. The number of thioether (sulfide) groups is 1. The highest BCUT2D eigenvalue weighted by molar-refractivity contribution is 8.00. The van der Waals surface area contributed by atoms with Gasteiger partial charge in [0.05, 0.1) is 22.9 Å². The van der Waals surface area contributed by atoms with Crippen LogP contribution in [-0.4, -0.2) is 27.7 Å². The molecule has 1 atom stereocenters. The first kappa shape index (κ1) is 18.3. The lowest BCUT2D eigenvalue weighted by Crippen LogP contribution is -2.23. The van der Waals surface area contributed by atoms with Gasteiger partial charge in [-0.3, -0.25) is 4.79 Å². The number of rotatable bonds is 6. The Bertz CT molecular complexity index is 936. The highest BCUT2D eigenvalue weighted by atomic mass is 32.2. The number of carbonyl (C=O) groups excluding carboxylic acids is 1. The average molecular weight is 369 g/mol. The number of ether oxygens (including phenoxy) is 1. The molecule has 0 aliphatic heterocycles. The molecule has 136 valence electrons. The quantitative estimate of drug-likeness (QED) is 0.618. The maximum absolute atomic E-state index is 12.5. The van der Waals surface area contributed by atoms with Crippen molar-refractivity contribution in [1.82, 2.24) is 9.97 Å². The van der Waals surface area contributed by atoms with Gasteiger partial charge in [-0.15, -0.1) is 0 Å². The maximum atomic E-state index is 12.5. The van der Waals surface area contributed by atoms with E-state index in [1.54, 1.807) is 0 Å². The van der Waals surface area contributed by atoms with Gasteiger partial charge in [-0.2, -0.15) is 0 Å². The first-order chi connectivity index (χ1) is 12.5. The van der Waals surface area contributed by atoms with Gasteiger partial charge in [-0.1, -0.05) is 23.9 Å². The van der Waals surface area contributed by atoms with Gasteiger partial charge in [0.15, 0.2) is 5.16 Å². The number of amides is 1. The molecule has 2 N–H and O–H groups in total. The van der Waals surface area contributed by atoms with Gasteiger partial charge in [0, 0.05) is 11.8 Å². The molecule has 0 saturated heterocycles. The van der Waals surface area contributed by atoms with Crippen LogP contribution < -0.4 is 10.1 Å². The van der Waals surface area contributed by atoms with Crippen molar-refractivity contribution in [1.29, 1.82) is 0 Å². The van der Waals surface area contributed by atoms with Crippen molar-refractivity contribution in [2.24, 2.45) is 0 Å². The minimum atomic E-state index is -0.276. The molecule has 0 saturated carbocycles. The number of H-pyrrole nitrogens is 1. The highest BCUT2D eigenvalue weighted by Crippen LogP contribution is 2.27. The van der Waals surface area contributed by atoms with Crippen LogP contribution in [0.1, 0.15) is 25.0 Å². The number of hydrogen-bond donors (Lipinski definition) is 2. The molecular formula is C20H23N3O2S. The molecule has 6 heteroatoms. The van der Waals surface area contributed by atoms with Gasteiger partial charge in [0.1, 0.15) is 5.75 Å². The summed E-state index contributed by atoms with van der Waals surface area (Å²) in [6.45, 7) is 8.45. The van der Waals surface area contributed by atoms with E-state index in [1.807, 2.05) is 64.1 Å². The largest absolute Gasteiger partial charge is 0.494 e. The molecule has 0 bridgehead atoms. The first-order valence-corrected chi connectivity index (χ1v) is 9.51. The van der Waals surface area contributed by atoms with Gasteiger partial charge in [0.25, 0.3) is 0 Å². The molecule has 1 unspecified atom stereocenters. The van der Waals surface area contributed by atoms with Crippen LogP contribution in [0.2, 0.25) is 0 Å². The Morgan fingerprint density at radius 3 is 2.85 bits per heavy atom. The molecule has 0 aliphatic rings. The number of anilines is 1. The zero-order valence-corrected chi connectivity index (χ0v) is 16.2. The number of benzene rings is 2. The summed E-state index contributed by atoms with van der Waals surface area (Å²) in [5.74, 6) is 0.764. The van der Waals surface area contributed by atoms with Gasteiger partial charge < -0.3 is 15.0 Å². The van der Waals surface area contributed by atoms with Crippen LogP contribution in [0.15, 0.2) is 41.6 Å². The number of aromatic nitrogens is 2. The Kier molecular flexibility index (Phi) is 5.52. The Morgan fingerprint density at radius 2 is 2.08 bits per heavy atom. The molecule has 1 aromatic heterocycles. The molecule has 3 aromatic rings. The predicted octanol–water partition coefficient (Wildman–Crippen LogP) is 4.70. The smallest absolute Gasteiger partial charge is 0.237 e. The lowest BCUT2D eigenvalue weighted by Gasteiger charge is -2.13. The highest BCUT2D eigenvalue weighted by Gasteiger charge is 2.17. The molecule has 3 rings (SSSR count). The van der Waals surface area contributed by atoms with Crippen molar-refractivity contribution < 1.29 is 9.53 Å². The maximum Gasteiger partial charge on any atom is 0.237 e. The summed E-state index contributed by atoms with van der Waals surface area (Å²) >= 11 is 1.41. The van der Waals surface area contributed by atoms with Crippen molar-refractivity contribution in [3.63, 3.8) is 0 Å². The van der Waals surface area contributed by atoms with E-state index >= 15 is 0 Å². The molecule has 26 heavy (non-hydrogen) atoms. The van der Waals surface area contributed by atoms with E-state index in [0.717, 1.165) is 38.8 Å². The fourth-order valence-electron chi connectivity index (χ4n) is 2.60. The van der Waals surface area contributed by atoms with Crippen LogP contribution in [0.5, 0.6) is 5.75 Å². The van der Waals surface area contributed by atoms with Crippen molar-refractivity contribution in [2.45, 2.75) is 38.1 Å². The van der Waals surface area contributed by atoms with Crippen molar-refractivity contribution in [3.05, 3.63) is 47.5 Å². The number of nitrogens with one attached hydrogen (secondary N) is 2.